The second-order valence-corrected chi connectivity index (χ2v) is 6.82. The molecule has 3 N–H and O–H groups in total. The van der Waals surface area contributed by atoms with Crippen LogP contribution in [-0.4, -0.2) is 31.5 Å². The van der Waals surface area contributed by atoms with Crippen LogP contribution in [0.1, 0.15) is 45.9 Å². The minimum Gasteiger partial charge on any atom is -0.378 e. The van der Waals surface area contributed by atoms with Crippen LogP contribution >= 0.6 is 0 Å². The van der Waals surface area contributed by atoms with Crippen molar-refractivity contribution in [1.29, 1.82) is 0 Å². The lowest BCUT2D eigenvalue weighted by molar-refractivity contribution is 0.0950. The van der Waals surface area contributed by atoms with Crippen molar-refractivity contribution >= 4 is 11.6 Å². The van der Waals surface area contributed by atoms with Crippen molar-refractivity contribution in [2.75, 3.05) is 25.5 Å². The van der Waals surface area contributed by atoms with Crippen LogP contribution in [0.2, 0.25) is 0 Å². The fourth-order valence-electron chi connectivity index (χ4n) is 3.40. The lowest BCUT2D eigenvalue weighted by atomic mass is 9.82. The van der Waals surface area contributed by atoms with Crippen molar-refractivity contribution in [1.82, 2.24) is 10.3 Å². The molecule has 1 aliphatic carbocycles. The number of nitrogens with one attached hydrogen (secondary N) is 1. The first-order chi connectivity index (χ1) is 12.1. The van der Waals surface area contributed by atoms with Crippen molar-refractivity contribution in [2.45, 2.75) is 31.7 Å². The maximum Gasteiger partial charge on any atom is 0.251 e. The van der Waals surface area contributed by atoms with Gasteiger partial charge >= 0.3 is 0 Å². The van der Waals surface area contributed by atoms with E-state index in [0.717, 1.165) is 24.2 Å². The van der Waals surface area contributed by atoms with E-state index in [4.69, 9.17) is 5.73 Å². The third kappa shape index (κ3) is 3.99. The number of benzene rings is 1. The van der Waals surface area contributed by atoms with E-state index in [1.807, 2.05) is 43.3 Å². The summed E-state index contributed by atoms with van der Waals surface area (Å²) in [5.41, 5.74) is 11.1. The van der Waals surface area contributed by atoms with Crippen LogP contribution in [0.15, 0.2) is 36.5 Å². The lowest BCUT2D eigenvalue weighted by Crippen LogP contribution is -2.25. The van der Waals surface area contributed by atoms with Crippen molar-refractivity contribution < 1.29 is 4.79 Å². The first-order valence-corrected chi connectivity index (χ1v) is 8.82. The second kappa shape index (κ2) is 7.66. The third-order valence-electron chi connectivity index (χ3n) is 4.88. The van der Waals surface area contributed by atoms with E-state index in [1.165, 1.54) is 17.5 Å². The van der Waals surface area contributed by atoms with Crippen LogP contribution in [0.25, 0.3) is 0 Å². The summed E-state index contributed by atoms with van der Waals surface area (Å²) in [6.45, 7) is 1.05. The fraction of sp³-hybridized carbons (Fsp3) is 0.400. The SMILES string of the molecule is CN(C)c1ccnc(CNC(=O)c2ccc3c(c2)C(CN)CCC3)c1. The Kier molecular flexibility index (Phi) is 5.34. The minimum absolute atomic E-state index is 0.0683. The first kappa shape index (κ1) is 17.4. The van der Waals surface area contributed by atoms with Gasteiger partial charge in [0.15, 0.2) is 0 Å². The summed E-state index contributed by atoms with van der Waals surface area (Å²) >= 11 is 0. The van der Waals surface area contributed by atoms with Crippen LogP contribution in [-0.2, 0) is 13.0 Å². The molecule has 132 valence electrons. The Bertz CT molecular complexity index is 757. The number of hydrogen-bond acceptors (Lipinski definition) is 4. The first-order valence-electron chi connectivity index (χ1n) is 8.82. The number of carbonyl (C=O) groups excluding carboxylic acids is 1. The lowest BCUT2D eigenvalue weighted by Gasteiger charge is -2.24. The molecule has 0 saturated carbocycles. The highest BCUT2D eigenvalue weighted by Gasteiger charge is 2.20. The Morgan fingerprint density at radius 2 is 2.16 bits per heavy atom. The smallest absolute Gasteiger partial charge is 0.251 e. The molecule has 5 heteroatoms. The molecule has 25 heavy (non-hydrogen) atoms. The van der Waals surface area contributed by atoms with E-state index in [1.54, 1.807) is 6.20 Å². The van der Waals surface area contributed by atoms with Gasteiger partial charge in [0.05, 0.1) is 12.2 Å². The zero-order chi connectivity index (χ0) is 17.8. The number of rotatable bonds is 5. The van der Waals surface area contributed by atoms with Crippen LogP contribution in [0, 0.1) is 0 Å². The third-order valence-corrected chi connectivity index (χ3v) is 4.88. The predicted molar refractivity (Wildman–Crippen MR) is 101 cm³/mol. The maximum atomic E-state index is 12.5. The summed E-state index contributed by atoms with van der Waals surface area (Å²) in [6, 6.07) is 9.94. The van der Waals surface area contributed by atoms with Gasteiger partial charge in [-0.3, -0.25) is 9.78 Å². The van der Waals surface area contributed by atoms with Crippen LogP contribution in [0.5, 0.6) is 0 Å². The molecule has 5 nitrogen and oxygen atoms in total. The number of pyridine rings is 1. The van der Waals surface area contributed by atoms with Gasteiger partial charge in [0, 0.05) is 31.5 Å². The minimum atomic E-state index is -0.0683. The summed E-state index contributed by atoms with van der Waals surface area (Å²) in [6.07, 6.45) is 5.13. The van der Waals surface area contributed by atoms with Gasteiger partial charge in [-0.05, 0) is 67.1 Å². The number of carbonyl (C=O) groups is 1. The molecule has 1 amide bonds. The number of hydrogen-bond donors (Lipinski definition) is 2. The van der Waals surface area contributed by atoms with Crippen molar-refractivity contribution in [3.63, 3.8) is 0 Å². The average Bonchev–Trinajstić information content (AvgIpc) is 2.65. The molecular formula is C20H26N4O. The molecule has 1 aromatic carbocycles. The monoisotopic (exact) mass is 338 g/mol. The number of fused-ring (bicyclic) bond motifs is 1. The van der Waals surface area contributed by atoms with Crippen LogP contribution < -0.4 is 16.0 Å². The van der Waals surface area contributed by atoms with E-state index in [0.29, 0.717) is 24.6 Å². The molecule has 1 unspecified atom stereocenters. The van der Waals surface area contributed by atoms with Crippen molar-refractivity contribution in [3.8, 4) is 0 Å². The molecule has 0 aliphatic heterocycles. The molecule has 0 bridgehead atoms. The molecular weight excluding hydrogens is 312 g/mol. The maximum absolute atomic E-state index is 12.5. The normalized spacial score (nSPS) is 16.2. The Balaban J connectivity index is 1.70. The van der Waals surface area contributed by atoms with E-state index < -0.39 is 0 Å². The zero-order valence-corrected chi connectivity index (χ0v) is 15.0. The number of aryl methyl sites for hydroxylation is 1. The van der Waals surface area contributed by atoms with Gasteiger partial charge in [-0.15, -0.1) is 0 Å². The predicted octanol–water partition coefficient (Wildman–Crippen LogP) is 2.46. The Labute approximate surface area is 149 Å². The highest BCUT2D eigenvalue weighted by Crippen LogP contribution is 2.31. The summed E-state index contributed by atoms with van der Waals surface area (Å²) in [7, 11) is 3.97. The molecule has 0 spiro atoms. The quantitative estimate of drug-likeness (QED) is 0.878. The number of aromatic nitrogens is 1. The van der Waals surface area contributed by atoms with Gasteiger partial charge in [0.25, 0.3) is 5.91 Å². The number of anilines is 1. The summed E-state index contributed by atoms with van der Waals surface area (Å²) < 4.78 is 0. The van der Waals surface area contributed by atoms with Crippen LogP contribution in [0.3, 0.4) is 0 Å². The second-order valence-electron chi connectivity index (χ2n) is 6.82. The summed E-state index contributed by atoms with van der Waals surface area (Å²) in [5, 5.41) is 2.97. The standard InChI is InChI=1S/C20H26N4O/c1-24(2)18-8-9-22-17(11-18)13-23-20(25)15-7-6-14-4-3-5-16(12-21)19(14)10-15/h6-11,16H,3-5,12-13,21H2,1-2H3,(H,23,25). The highest BCUT2D eigenvalue weighted by atomic mass is 16.1. The largest absolute Gasteiger partial charge is 0.378 e. The number of nitrogens with two attached hydrogens (primary N) is 1. The Morgan fingerprint density at radius 3 is 2.92 bits per heavy atom. The van der Waals surface area contributed by atoms with Crippen LogP contribution in [0.4, 0.5) is 5.69 Å². The Hall–Kier alpha value is -2.40. The molecule has 0 radical (unpaired) electrons. The topological polar surface area (TPSA) is 71.2 Å². The average molecular weight is 338 g/mol. The molecule has 3 rings (SSSR count). The van der Waals surface area contributed by atoms with E-state index in [2.05, 4.69) is 16.4 Å². The molecule has 0 saturated heterocycles. The van der Waals surface area contributed by atoms with Gasteiger partial charge in [-0.25, -0.2) is 0 Å². The fourth-order valence-corrected chi connectivity index (χ4v) is 3.40. The molecule has 1 atom stereocenters. The Morgan fingerprint density at radius 1 is 1.32 bits per heavy atom. The molecule has 2 aromatic rings. The van der Waals surface area contributed by atoms with Gasteiger partial charge < -0.3 is 16.0 Å². The number of amides is 1. The van der Waals surface area contributed by atoms with E-state index in [9.17, 15) is 4.79 Å². The van der Waals surface area contributed by atoms with Gasteiger partial charge in [0.1, 0.15) is 0 Å². The summed E-state index contributed by atoms with van der Waals surface area (Å²) in [4.78, 5) is 18.9. The molecule has 1 aliphatic rings. The van der Waals surface area contributed by atoms with Gasteiger partial charge in [-0.2, -0.15) is 0 Å². The number of nitrogens with zero attached hydrogens (tertiary/aromatic N) is 2. The van der Waals surface area contributed by atoms with Crippen molar-refractivity contribution in [3.05, 3.63) is 58.9 Å². The molecule has 1 heterocycles. The molecule has 1 aromatic heterocycles. The molecule has 0 fully saturated rings. The van der Waals surface area contributed by atoms with Gasteiger partial charge in [0.2, 0.25) is 0 Å². The van der Waals surface area contributed by atoms with E-state index in [-0.39, 0.29) is 5.91 Å². The van der Waals surface area contributed by atoms with E-state index >= 15 is 0 Å². The highest BCUT2D eigenvalue weighted by molar-refractivity contribution is 5.94. The summed E-state index contributed by atoms with van der Waals surface area (Å²) in [5.74, 6) is 0.302. The zero-order valence-electron chi connectivity index (χ0n) is 15.0. The van der Waals surface area contributed by atoms with Crippen molar-refractivity contribution in [2.24, 2.45) is 5.73 Å². The van der Waals surface area contributed by atoms with Gasteiger partial charge in [-0.1, -0.05) is 6.07 Å².